The lowest BCUT2D eigenvalue weighted by molar-refractivity contribution is 0.481. The smallest absolute Gasteiger partial charge is 0.117 e. The van der Waals surface area contributed by atoms with E-state index in [-0.39, 0.29) is 0 Å². The van der Waals surface area contributed by atoms with E-state index in [0.29, 0.717) is 12.3 Å². The van der Waals surface area contributed by atoms with Gasteiger partial charge in [-0.05, 0) is 18.6 Å². The van der Waals surface area contributed by atoms with Gasteiger partial charge in [0.1, 0.15) is 11.5 Å². The second-order valence-corrected chi connectivity index (χ2v) is 4.44. The van der Waals surface area contributed by atoms with Gasteiger partial charge in [-0.1, -0.05) is 6.92 Å². The molecule has 4 heteroatoms. The first kappa shape index (κ1) is 10.5. The number of nitrogens with two attached hydrogens (primary N) is 1. The Morgan fingerprint density at radius 1 is 1.46 bits per heavy atom. The molecule has 1 aromatic heterocycles. The molecule has 0 spiro atoms. The third-order valence-corrected chi connectivity index (χ3v) is 3.12. The standard InChI is InChI=1S/C9H15NO2S/c1-2-5-13(11)7-9-4-3-8(6-10)12-9/h3-4H,2,5-7,10H2,1H3. The van der Waals surface area contributed by atoms with Crippen LogP contribution in [0.1, 0.15) is 24.9 Å². The number of furan rings is 1. The van der Waals surface area contributed by atoms with Gasteiger partial charge in [0.05, 0.1) is 12.3 Å². The molecular weight excluding hydrogens is 186 g/mol. The van der Waals surface area contributed by atoms with Crippen LogP contribution in [0.3, 0.4) is 0 Å². The van der Waals surface area contributed by atoms with Gasteiger partial charge in [-0.15, -0.1) is 0 Å². The van der Waals surface area contributed by atoms with Gasteiger partial charge in [0.25, 0.3) is 0 Å². The predicted octanol–water partition coefficient (Wildman–Crippen LogP) is 1.40. The molecule has 1 unspecified atom stereocenters. The summed E-state index contributed by atoms with van der Waals surface area (Å²) in [5.74, 6) is 2.77. The number of hydrogen-bond donors (Lipinski definition) is 1. The Morgan fingerprint density at radius 2 is 2.15 bits per heavy atom. The summed E-state index contributed by atoms with van der Waals surface area (Å²) in [6.07, 6.45) is 0.942. The second kappa shape index (κ2) is 5.19. The average molecular weight is 201 g/mol. The van der Waals surface area contributed by atoms with Gasteiger partial charge >= 0.3 is 0 Å². The normalized spacial score (nSPS) is 13.1. The van der Waals surface area contributed by atoms with Crippen molar-refractivity contribution in [2.24, 2.45) is 5.73 Å². The van der Waals surface area contributed by atoms with Gasteiger partial charge in [0, 0.05) is 16.6 Å². The van der Waals surface area contributed by atoms with Crippen LogP contribution in [0.25, 0.3) is 0 Å². The van der Waals surface area contributed by atoms with Gasteiger partial charge in [0.15, 0.2) is 0 Å². The molecule has 1 rings (SSSR count). The van der Waals surface area contributed by atoms with Crippen molar-refractivity contribution in [2.75, 3.05) is 5.75 Å². The van der Waals surface area contributed by atoms with Crippen LogP contribution in [0.4, 0.5) is 0 Å². The molecule has 0 saturated carbocycles. The van der Waals surface area contributed by atoms with Gasteiger partial charge in [-0.2, -0.15) is 0 Å². The highest BCUT2D eigenvalue weighted by molar-refractivity contribution is 7.84. The molecule has 0 aliphatic carbocycles. The second-order valence-electron chi connectivity index (χ2n) is 2.86. The summed E-state index contributed by atoms with van der Waals surface area (Å²) in [5.41, 5.74) is 5.38. The Kier molecular flexibility index (Phi) is 4.18. The first-order valence-corrected chi connectivity index (χ1v) is 5.87. The minimum atomic E-state index is -0.794. The van der Waals surface area contributed by atoms with Crippen molar-refractivity contribution in [3.63, 3.8) is 0 Å². The predicted molar refractivity (Wildman–Crippen MR) is 53.6 cm³/mol. The van der Waals surface area contributed by atoms with E-state index in [4.69, 9.17) is 10.2 Å². The molecule has 0 bridgehead atoms. The van der Waals surface area contributed by atoms with Crippen molar-refractivity contribution >= 4 is 10.8 Å². The van der Waals surface area contributed by atoms with E-state index in [9.17, 15) is 4.21 Å². The highest BCUT2D eigenvalue weighted by atomic mass is 32.2. The lowest BCUT2D eigenvalue weighted by atomic mass is 10.4. The molecule has 2 N–H and O–H groups in total. The summed E-state index contributed by atoms with van der Waals surface area (Å²) in [7, 11) is -0.794. The molecule has 0 saturated heterocycles. The SMILES string of the molecule is CCCS(=O)Cc1ccc(CN)o1. The Bertz CT molecular complexity index is 283. The summed E-state index contributed by atoms with van der Waals surface area (Å²) in [6, 6.07) is 3.67. The van der Waals surface area contributed by atoms with Crippen molar-refractivity contribution in [2.45, 2.75) is 25.6 Å². The van der Waals surface area contributed by atoms with E-state index in [1.807, 2.05) is 19.1 Å². The van der Waals surface area contributed by atoms with Crippen LogP contribution in [0.2, 0.25) is 0 Å². The summed E-state index contributed by atoms with van der Waals surface area (Å²) < 4.78 is 16.7. The van der Waals surface area contributed by atoms with Crippen molar-refractivity contribution < 1.29 is 8.63 Å². The van der Waals surface area contributed by atoms with Crippen LogP contribution in [-0.2, 0) is 23.1 Å². The van der Waals surface area contributed by atoms with Crippen molar-refractivity contribution in [3.05, 3.63) is 23.7 Å². The Hall–Kier alpha value is -0.610. The summed E-state index contributed by atoms with van der Waals surface area (Å²) >= 11 is 0. The van der Waals surface area contributed by atoms with E-state index < -0.39 is 10.8 Å². The summed E-state index contributed by atoms with van der Waals surface area (Å²) in [5, 5.41) is 0. The fraction of sp³-hybridized carbons (Fsp3) is 0.556. The minimum absolute atomic E-state index is 0.403. The van der Waals surface area contributed by atoms with Crippen LogP contribution in [-0.4, -0.2) is 9.96 Å². The van der Waals surface area contributed by atoms with Crippen LogP contribution in [0.15, 0.2) is 16.5 Å². The van der Waals surface area contributed by atoms with Crippen LogP contribution < -0.4 is 5.73 Å². The van der Waals surface area contributed by atoms with E-state index in [1.54, 1.807) is 0 Å². The molecule has 0 amide bonds. The van der Waals surface area contributed by atoms with Gasteiger partial charge in [0.2, 0.25) is 0 Å². The van der Waals surface area contributed by atoms with E-state index in [2.05, 4.69) is 0 Å². The summed E-state index contributed by atoms with van der Waals surface area (Å²) in [4.78, 5) is 0. The Morgan fingerprint density at radius 3 is 2.69 bits per heavy atom. The molecular formula is C9H15NO2S. The number of rotatable bonds is 5. The molecule has 1 atom stereocenters. The lowest BCUT2D eigenvalue weighted by Crippen LogP contribution is -1.99. The largest absolute Gasteiger partial charge is 0.464 e. The Balaban J connectivity index is 2.49. The third-order valence-electron chi connectivity index (χ3n) is 1.65. The molecule has 0 radical (unpaired) electrons. The molecule has 1 heterocycles. The highest BCUT2D eigenvalue weighted by Crippen LogP contribution is 2.09. The molecule has 3 nitrogen and oxygen atoms in total. The highest BCUT2D eigenvalue weighted by Gasteiger charge is 2.04. The van der Waals surface area contributed by atoms with Crippen molar-refractivity contribution in [1.82, 2.24) is 0 Å². The quantitative estimate of drug-likeness (QED) is 0.783. The lowest BCUT2D eigenvalue weighted by Gasteiger charge is -1.96. The molecule has 0 fully saturated rings. The fourth-order valence-corrected chi connectivity index (χ4v) is 2.14. The topological polar surface area (TPSA) is 56.2 Å². The zero-order valence-corrected chi connectivity index (χ0v) is 8.60. The molecule has 0 aromatic carbocycles. The maximum absolute atomic E-state index is 11.3. The number of hydrogen-bond acceptors (Lipinski definition) is 3. The van der Waals surface area contributed by atoms with Crippen molar-refractivity contribution in [1.29, 1.82) is 0 Å². The maximum Gasteiger partial charge on any atom is 0.117 e. The summed E-state index contributed by atoms with van der Waals surface area (Å²) in [6.45, 7) is 2.42. The van der Waals surface area contributed by atoms with E-state index in [0.717, 1.165) is 23.7 Å². The molecule has 1 aromatic rings. The molecule has 0 aliphatic rings. The van der Waals surface area contributed by atoms with Crippen molar-refractivity contribution in [3.8, 4) is 0 Å². The van der Waals surface area contributed by atoms with E-state index >= 15 is 0 Å². The van der Waals surface area contributed by atoms with E-state index in [1.165, 1.54) is 0 Å². The van der Waals surface area contributed by atoms with Crippen LogP contribution in [0, 0.1) is 0 Å². The Labute approximate surface area is 80.8 Å². The third kappa shape index (κ3) is 3.32. The molecule has 74 valence electrons. The zero-order chi connectivity index (χ0) is 9.68. The first-order valence-electron chi connectivity index (χ1n) is 4.39. The van der Waals surface area contributed by atoms with Gasteiger partial charge in [-0.25, -0.2) is 0 Å². The fourth-order valence-electron chi connectivity index (χ4n) is 1.07. The zero-order valence-electron chi connectivity index (χ0n) is 7.79. The monoisotopic (exact) mass is 201 g/mol. The first-order chi connectivity index (χ1) is 6.26. The maximum atomic E-state index is 11.3. The molecule has 13 heavy (non-hydrogen) atoms. The molecule has 0 aliphatic heterocycles. The average Bonchev–Trinajstić information content (AvgIpc) is 2.52. The minimum Gasteiger partial charge on any atom is -0.464 e. The van der Waals surface area contributed by atoms with Gasteiger partial charge < -0.3 is 10.2 Å². The van der Waals surface area contributed by atoms with Crippen LogP contribution >= 0.6 is 0 Å². The van der Waals surface area contributed by atoms with Crippen LogP contribution in [0.5, 0.6) is 0 Å². The van der Waals surface area contributed by atoms with Gasteiger partial charge in [-0.3, -0.25) is 4.21 Å².